The molecule has 0 spiro atoms. The van der Waals surface area contributed by atoms with Gasteiger partial charge in [-0.2, -0.15) is 5.90 Å². The monoisotopic (exact) mass is 203 g/mol. The zero-order chi connectivity index (χ0) is 11.6. The summed E-state index contributed by atoms with van der Waals surface area (Å²) in [6.45, 7) is 7.75. The van der Waals surface area contributed by atoms with Crippen LogP contribution in [0.15, 0.2) is 0 Å². The van der Waals surface area contributed by atoms with E-state index in [1.54, 1.807) is 27.7 Å². The van der Waals surface area contributed by atoms with Gasteiger partial charge in [-0.25, -0.2) is 4.79 Å². The number of carbonyl (C=O) groups excluding carboxylic acids is 2. The second kappa shape index (κ2) is 3.96. The number of carbonyl (C=O) groups is 2. The summed E-state index contributed by atoms with van der Waals surface area (Å²) in [6, 6.07) is 0. The Morgan fingerprint density at radius 1 is 1.14 bits per heavy atom. The smallest absolute Gasteiger partial charge is 0.334 e. The van der Waals surface area contributed by atoms with E-state index < -0.39 is 23.0 Å². The van der Waals surface area contributed by atoms with Crippen LogP contribution in [-0.2, 0) is 19.2 Å². The molecule has 0 heterocycles. The largest absolute Gasteiger partial charge is 0.459 e. The molecule has 0 aliphatic heterocycles. The van der Waals surface area contributed by atoms with Gasteiger partial charge in [0.2, 0.25) is 0 Å². The molecule has 0 rings (SSSR count). The Morgan fingerprint density at radius 2 is 1.57 bits per heavy atom. The third kappa shape index (κ3) is 2.45. The molecule has 14 heavy (non-hydrogen) atoms. The molecule has 0 aromatic carbocycles. The van der Waals surface area contributed by atoms with E-state index in [9.17, 15) is 9.59 Å². The highest BCUT2D eigenvalue weighted by molar-refractivity contribution is 5.78. The molecule has 2 N–H and O–H groups in total. The van der Waals surface area contributed by atoms with Crippen molar-refractivity contribution in [3.05, 3.63) is 0 Å². The van der Waals surface area contributed by atoms with Gasteiger partial charge in [-0.15, -0.1) is 0 Å². The minimum absolute atomic E-state index is 0.451. The van der Waals surface area contributed by atoms with Crippen molar-refractivity contribution in [2.45, 2.75) is 40.2 Å². The van der Waals surface area contributed by atoms with Crippen LogP contribution in [0.25, 0.3) is 0 Å². The third-order valence-corrected chi connectivity index (χ3v) is 2.52. The lowest BCUT2D eigenvalue weighted by molar-refractivity contribution is -0.182. The van der Waals surface area contributed by atoms with Crippen LogP contribution in [0.5, 0.6) is 0 Å². The first-order valence-corrected chi connectivity index (χ1v) is 4.26. The fourth-order valence-electron chi connectivity index (χ4n) is 0.880. The topological polar surface area (TPSA) is 78.6 Å². The Morgan fingerprint density at radius 3 is 1.86 bits per heavy atom. The molecule has 0 aromatic rings. The van der Waals surface area contributed by atoms with E-state index in [4.69, 9.17) is 10.6 Å². The quantitative estimate of drug-likeness (QED) is 0.541. The summed E-state index contributed by atoms with van der Waals surface area (Å²) in [5.41, 5.74) is -1.96. The number of esters is 1. The molecule has 0 saturated heterocycles. The molecule has 0 fully saturated rings. The summed E-state index contributed by atoms with van der Waals surface area (Å²) < 4.78 is 5.03. The molecule has 0 aliphatic rings. The zero-order valence-corrected chi connectivity index (χ0v) is 9.21. The molecular formula is C9H17NO4. The Hall–Kier alpha value is -1.10. The van der Waals surface area contributed by atoms with E-state index >= 15 is 0 Å². The maximum absolute atomic E-state index is 11.3. The fourth-order valence-corrected chi connectivity index (χ4v) is 0.880. The van der Waals surface area contributed by atoms with Crippen LogP contribution >= 0.6 is 0 Å². The van der Waals surface area contributed by atoms with Crippen molar-refractivity contribution in [2.24, 2.45) is 11.3 Å². The van der Waals surface area contributed by atoms with Crippen LogP contribution in [0.3, 0.4) is 0 Å². The van der Waals surface area contributed by atoms with Crippen molar-refractivity contribution >= 4 is 11.9 Å². The first kappa shape index (κ1) is 12.9. The predicted molar refractivity (Wildman–Crippen MR) is 49.9 cm³/mol. The number of hydrogen-bond donors (Lipinski definition) is 1. The maximum atomic E-state index is 11.3. The molecule has 0 amide bonds. The Balaban J connectivity index is 4.86. The highest BCUT2D eigenvalue weighted by atomic mass is 16.7. The fraction of sp³-hybridized carbons (Fsp3) is 0.778. The molecule has 0 saturated carbocycles. The highest BCUT2D eigenvalue weighted by Crippen LogP contribution is 2.34. The predicted octanol–water partition coefficient (Wildman–Crippen LogP) is 0.771. The van der Waals surface area contributed by atoms with Gasteiger partial charge in [-0.3, -0.25) is 4.79 Å². The van der Waals surface area contributed by atoms with Crippen molar-refractivity contribution in [1.82, 2.24) is 0 Å². The van der Waals surface area contributed by atoms with Crippen LogP contribution in [-0.4, -0.2) is 17.5 Å². The lowest BCUT2D eigenvalue weighted by Crippen LogP contribution is -2.49. The molecular weight excluding hydrogens is 186 g/mol. The van der Waals surface area contributed by atoms with Gasteiger partial charge in [0.05, 0.1) is 0 Å². The molecule has 82 valence electrons. The van der Waals surface area contributed by atoms with Crippen molar-refractivity contribution < 1.29 is 19.2 Å². The lowest BCUT2D eigenvalue weighted by Gasteiger charge is -2.37. The van der Waals surface area contributed by atoms with Gasteiger partial charge in [0, 0.05) is 6.92 Å². The van der Waals surface area contributed by atoms with Crippen molar-refractivity contribution in [3.63, 3.8) is 0 Å². The molecule has 0 radical (unpaired) electrons. The summed E-state index contributed by atoms with van der Waals surface area (Å²) >= 11 is 0. The third-order valence-electron chi connectivity index (χ3n) is 2.52. The molecule has 0 aromatic heterocycles. The summed E-state index contributed by atoms with van der Waals surface area (Å²) in [7, 11) is 0. The molecule has 5 nitrogen and oxygen atoms in total. The first-order valence-electron chi connectivity index (χ1n) is 4.26. The second-order valence-corrected chi connectivity index (χ2v) is 4.13. The van der Waals surface area contributed by atoms with E-state index in [0.29, 0.717) is 0 Å². The number of ether oxygens (including phenoxy) is 1. The lowest BCUT2D eigenvalue weighted by atomic mass is 9.77. The van der Waals surface area contributed by atoms with Gasteiger partial charge in [-0.05, 0) is 27.7 Å². The van der Waals surface area contributed by atoms with Gasteiger partial charge >= 0.3 is 11.9 Å². The van der Waals surface area contributed by atoms with Crippen LogP contribution in [0.4, 0.5) is 0 Å². The van der Waals surface area contributed by atoms with Crippen LogP contribution in [0.2, 0.25) is 0 Å². The van der Waals surface area contributed by atoms with Gasteiger partial charge in [0.15, 0.2) is 0 Å². The van der Waals surface area contributed by atoms with E-state index in [1.165, 1.54) is 6.92 Å². The average Bonchev–Trinajstić information content (AvgIpc) is 2.00. The number of hydrogen-bond acceptors (Lipinski definition) is 5. The van der Waals surface area contributed by atoms with E-state index in [1.807, 2.05) is 0 Å². The maximum Gasteiger partial charge on any atom is 0.334 e. The average molecular weight is 203 g/mol. The highest BCUT2D eigenvalue weighted by Gasteiger charge is 2.47. The van der Waals surface area contributed by atoms with Crippen LogP contribution in [0.1, 0.15) is 34.6 Å². The minimum Gasteiger partial charge on any atom is -0.459 e. The Labute approximate surface area is 83.5 Å². The van der Waals surface area contributed by atoms with Crippen molar-refractivity contribution in [3.8, 4) is 0 Å². The van der Waals surface area contributed by atoms with Crippen molar-refractivity contribution in [1.29, 1.82) is 0 Å². The second-order valence-electron chi connectivity index (χ2n) is 4.13. The van der Waals surface area contributed by atoms with E-state index in [0.717, 1.165) is 0 Å². The Kier molecular flexibility index (Phi) is 3.65. The van der Waals surface area contributed by atoms with Gasteiger partial charge in [0.25, 0.3) is 0 Å². The first-order chi connectivity index (χ1) is 6.15. The number of nitrogens with two attached hydrogens (primary N) is 1. The van der Waals surface area contributed by atoms with Gasteiger partial charge in [0.1, 0.15) is 11.0 Å². The van der Waals surface area contributed by atoms with Gasteiger partial charge < -0.3 is 9.57 Å². The summed E-state index contributed by atoms with van der Waals surface area (Å²) in [4.78, 5) is 26.3. The molecule has 0 bridgehead atoms. The normalized spacial score (nSPS) is 12.1. The summed E-state index contributed by atoms with van der Waals surface area (Å²) in [5, 5.41) is 0. The van der Waals surface area contributed by atoms with Crippen molar-refractivity contribution in [2.75, 3.05) is 0 Å². The molecule has 5 heteroatoms. The zero-order valence-electron chi connectivity index (χ0n) is 9.21. The van der Waals surface area contributed by atoms with Crippen LogP contribution in [0, 0.1) is 5.41 Å². The van der Waals surface area contributed by atoms with E-state index in [-0.39, 0.29) is 0 Å². The molecule has 0 atom stereocenters. The minimum atomic E-state index is -0.993. The molecule has 0 aliphatic carbocycles. The molecule has 0 unspecified atom stereocenters. The summed E-state index contributed by atoms with van der Waals surface area (Å²) in [5.74, 6) is 3.72. The van der Waals surface area contributed by atoms with E-state index in [2.05, 4.69) is 4.84 Å². The van der Waals surface area contributed by atoms with Crippen LogP contribution < -0.4 is 5.90 Å². The van der Waals surface area contributed by atoms with Gasteiger partial charge in [-0.1, -0.05) is 0 Å². The Bertz CT molecular complexity index is 245. The SMILES string of the molecule is CC(=O)OC(C)(C)C(C)(C)C(=O)ON. The summed E-state index contributed by atoms with van der Waals surface area (Å²) in [6.07, 6.45) is 0. The standard InChI is InChI=1S/C9H17NO4/c1-6(11)13-9(4,5)8(2,3)7(12)14-10/h10H2,1-5H3. The number of rotatable bonds is 3.